The summed E-state index contributed by atoms with van der Waals surface area (Å²) in [6.07, 6.45) is 0. The quantitative estimate of drug-likeness (QED) is 0.728. The molecule has 0 saturated heterocycles. The highest BCUT2D eigenvalue weighted by Crippen LogP contribution is 2.19. The summed E-state index contributed by atoms with van der Waals surface area (Å²) in [6.45, 7) is 6.10. The molecule has 0 spiro atoms. The topological polar surface area (TPSA) is 49.6 Å². The minimum absolute atomic E-state index is 0.300. The van der Waals surface area contributed by atoms with E-state index in [0.29, 0.717) is 11.5 Å². The molecule has 3 nitrogen and oxygen atoms in total. The van der Waals surface area contributed by atoms with Gasteiger partial charge < -0.3 is 0 Å². The summed E-state index contributed by atoms with van der Waals surface area (Å²) >= 11 is 0. The Bertz CT molecular complexity index is 579. The van der Waals surface area contributed by atoms with Crippen LogP contribution in [0.15, 0.2) is 18.2 Å². The molecule has 2 aromatic rings. The van der Waals surface area contributed by atoms with E-state index in [-0.39, 0.29) is 0 Å². The first-order chi connectivity index (χ1) is 7.61. The maximum atomic E-state index is 8.85. The Balaban J connectivity index is 2.74. The Kier molecular flexibility index (Phi) is 2.57. The van der Waals surface area contributed by atoms with Gasteiger partial charge >= 0.3 is 0 Å². The van der Waals surface area contributed by atoms with E-state index in [1.54, 1.807) is 6.07 Å². The maximum absolute atomic E-state index is 8.85. The minimum atomic E-state index is 0.300. The molecule has 1 aromatic carbocycles. The number of fused-ring (bicyclic) bond motifs is 1. The lowest BCUT2D eigenvalue weighted by Crippen LogP contribution is -2.00. The molecule has 0 bridgehead atoms. The number of aryl methyl sites for hydroxylation is 1. The number of rotatable bonds is 1. The normalized spacial score (nSPS) is 10.7. The summed E-state index contributed by atoms with van der Waals surface area (Å²) in [5.74, 6) is 1.13. The molecule has 0 aliphatic carbocycles. The van der Waals surface area contributed by atoms with Gasteiger partial charge in [0.25, 0.3) is 0 Å². The molecule has 80 valence electrons. The molecule has 0 N–H and O–H groups in total. The molecule has 0 radical (unpaired) electrons. The van der Waals surface area contributed by atoms with Gasteiger partial charge in [0, 0.05) is 17.0 Å². The molecule has 0 aliphatic heterocycles. The minimum Gasteiger partial charge on any atom is -0.237 e. The first-order valence-electron chi connectivity index (χ1n) is 5.30. The van der Waals surface area contributed by atoms with Gasteiger partial charge in [-0.3, -0.25) is 0 Å². The average molecular weight is 211 g/mol. The summed E-state index contributed by atoms with van der Waals surface area (Å²) in [4.78, 5) is 8.94. The second-order valence-electron chi connectivity index (χ2n) is 4.17. The van der Waals surface area contributed by atoms with E-state index >= 15 is 0 Å². The van der Waals surface area contributed by atoms with E-state index in [1.165, 1.54) is 0 Å². The SMILES string of the molecule is Cc1nc(C(C)C)nc2cc(C#N)ccc12. The zero-order valence-corrected chi connectivity index (χ0v) is 9.65. The molecule has 0 atom stereocenters. The third kappa shape index (κ3) is 1.74. The Morgan fingerprint density at radius 3 is 2.62 bits per heavy atom. The number of hydrogen-bond donors (Lipinski definition) is 0. The first-order valence-corrected chi connectivity index (χ1v) is 5.30. The van der Waals surface area contributed by atoms with Gasteiger partial charge in [-0.15, -0.1) is 0 Å². The smallest absolute Gasteiger partial charge is 0.131 e. The van der Waals surface area contributed by atoms with Gasteiger partial charge in [-0.2, -0.15) is 5.26 Å². The van der Waals surface area contributed by atoms with Crippen LogP contribution in [0.5, 0.6) is 0 Å². The van der Waals surface area contributed by atoms with Crippen LogP contribution in [0.3, 0.4) is 0 Å². The van der Waals surface area contributed by atoms with Crippen molar-refractivity contribution < 1.29 is 0 Å². The molecule has 0 unspecified atom stereocenters. The fourth-order valence-corrected chi connectivity index (χ4v) is 1.64. The molecule has 0 aliphatic rings. The van der Waals surface area contributed by atoms with Crippen LogP contribution in [0.2, 0.25) is 0 Å². The van der Waals surface area contributed by atoms with Crippen LogP contribution in [0.25, 0.3) is 10.9 Å². The molecule has 1 heterocycles. The summed E-state index contributed by atoms with van der Waals surface area (Å²) in [6, 6.07) is 7.65. The second-order valence-corrected chi connectivity index (χ2v) is 4.17. The van der Waals surface area contributed by atoms with Crippen LogP contribution < -0.4 is 0 Å². The fourth-order valence-electron chi connectivity index (χ4n) is 1.64. The van der Waals surface area contributed by atoms with Gasteiger partial charge in [-0.05, 0) is 25.1 Å². The van der Waals surface area contributed by atoms with Crippen molar-refractivity contribution in [2.75, 3.05) is 0 Å². The van der Waals surface area contributed by atoms with Gasteiger partial charge in [-0.25, -0.2) is 9.97 Å². The summed E-state index contributed by atoms with van der Waals surface area (Å²) < 4.78 is 0. The zero-order chi connectivity index (χ0) is 11.7. The van der Waals surface area contributed by atoms with Crippen molar-refractivity contribution in [1.29, 1.82) is 5.26 Å². The highest BCUT2D eigenvalue weighted by atomic mass is 14.9. The van der Waals surface area contributed by atoms with Crippen molar-refractivity contribution in [1.82, 2.24) is 9.97 Å². The molecule has 0 amide bonds. The third-order valence-corrected chi connectivity index (χ3v) is 2.55. The molecule has 3 heteroatoms. The number of nitriles is 1. The van der Waals surface area contributed by atoms with E-state index in [0.717, 1.165) is 22.4 Å². The first kappa shape index (κ1) is 10.6. The third-order valence-electron chi connectivity index (χ3n) is 2.55. The highest BCUT2D eigenvalue weighted by Gasteiger charge is 2.07. The van der Waals surface area contributed by atoms with Crippen LogP contribution in [0.1, 0.15) is 36.8 Å². The van der Waals surface area contributed by atoms with Crippen LogP contribution in [0.4, 0.5) is 0 Å². The Hall–Kier alpha value is -1.95. The predicted octanol–water partition coefficient (Wildman–Crippen LogP) is 2.93. The van der Waals surface area contributed by atoms with Crippen molar-refractivity contribution >= 4 is 10.9 Å². The lowest BCUT2D eigenvalue weighted by atomic mass is 10.1. The van der Waals surface area contributed by atoms with Crippen LogP contribution in [-0.4, -0.2) is 9.97 Å². The van der Waals surface area contributed by atoms with Gasteiger partial charge in [0.05, 0.1) is 17.1 Å². The van der Waals surface area contributed by atoms with Gasteiger partial charge in [0.1, 0.15) is 5.82 Å². The monoisotopic (exact) mass is 211 g/mol. The highest BCUT2D eigenvalue weighted by molar-refractivity contribution is 5.82. The van der Waals surface area contributed by atoms with Crippen molar-refractivity contribution in [3.63, 3.8) is 0 Å². The number of aromatic nitrogens is 2. The molecular formula is C13H13N3. The van der Waals surface area contributed by atoms with Gasteiger partial charge in [0.2, 0.25) is 0 Å². The molecule has 1 aromatic heterocycles. The van der Waals surface area contributed by atoms with E-state index in [2.05, 4.69) is 29.9 Å². The van der Waals surface area contributed by atoms with Crippen LogP contribution in [0, 0.1) is 18.3 Å². The van der Waals surface area contributed by atoms with E-state index in [1.807, 2.05) is 19.1 Å². The Labute approximate surface area is 94.8 Å². The molecule has 16 heavy (non-hydrogen) atoms. The summed E-state index contributed by atoms with van der Waals surface area (Å²) in [5.41, 5.74) is 2.47. The zero-order valence-electron chi connectivity index (χ0n) is 9.65. The van der Waals surface area contributed by atoms with E-state index < -0.39 is 0 Å². The van der Waals surface area contributed by atoms with Crippen LogP contribution in [-0.2, 0) is 0 Å². The fraction of sp³-hybridized carbons (Fsp3) is 0.308. The predicted molar refractivity (Wildman–Crippen MR) is 63.1 cm³/mol. The standard InChI is InChI=1S/C13H13N3/c1-8(2)13-15-9(3)11-5-4-10(7-14)6-12(11)16-13/h4-6,8H,1-3H3. The number of benzene rings is 1. The van der Waals surface area contributed by atoms with Gasteiger partial charge in [-0.1, -0.05) is 13.8 Å². The van der Waals surface area contributed by atoms with E-state index in [4.69, 9.17) is 5.26 Å². The van der Waals surface area contributed by atoms with Crippen molar-refractivity contribution in [2.24, 2.45) is 0 Å². The average Bonchev–Trinajstić information content (AvgIpc) is 2.28. The van der Waals surface area contributed by atoms with Gasteiger partial charge in [0.15, 0.2) is 0 Å². The lowest BCUT2D eigenvalue weighted by Gasteiger charge is -2.07. The Morgan fingerprint density at radius 1 is 1.25 bits per heavy atom. The number of hydrogen-bond acceptors (Lipinski definition) is 3. The van der Waals surface area contributed by atoms with Crippen LogP contribution >= 0.6 is 0 Å². The molecule has 0 fully saturated rings. The molecular weight excluding hydrogens is 198 g/mol. The molecule has 0 saturated carbocycles. The maximum Gasteiger partial charge on any atom is 0.131 e. The second kappa shape index (κ2) is 3.90. The van der Waals surface area contributed by atoms with Crippen molar-refractivity contribution in [2.45, 2.75) is 26.7 Å². The van der Waals surface area contributed by atoms with Crippen molar-refractivity contribution in [3.8, 4) is 6.07 Å². The lowest BCUT2D eigenvalue weighted by molar-refractivity contribution is 0.776. The number of nitrogens with zero attached hydrogens (tertiary/aromatic N) is 3. The molecule has 2 rings (SSSR count). The summed E-state index contributed by atoms with van der Waals surface area (Å²) in [7, 11) is 0. The van der Waals surface area contributed by atoms with E-state index in [9.17, 15) is 0 Å². The largest absolute Gasteiger partial charge is 0.237 e. The Morgan fingerprint density at radius 2 is 2.00 bits per heavy atom. The summed E-state index contributed by atoms with van der Waals surface area (Å²) in [5, 5.41) is 9.87. The van der Waals surface area contributed by atoms with Crippen molar-refractivity contribution in [3.05, 3.63) is 35.3 Å².